The number of nitrogens with one attached hydrogen (secondary N) is 1. The van der Waals surface area contributed by atoms with E-state index in [1.54, 1.807) is 6.07 Å². The molecule has 0 amide bonds. The smallest absolute Gasteiger partial charge is 0.159 e. The second-order valence-corrected chi connectivity index (χ2v) is 4.70. The van der Waals surface area contributed by atoms with Crippen molar-refractivity contribution >= 4 is 0 Å². The summed E-state index contributed by atoms with van der Waals surface area (Å²) in [6.07, 6.45) is 4.45. The van der Waals surface area contributed by atoms with Crippen LogP contribution >= 0.6 is 0 Å². The molecule has 1 aromatic rings. The molecule has 1 N–H and O–H groups in total. The van der Waals surface area contributed by atoms with E-state index in [-0.39, 0.29) is 5.54 Å². The minimum atomic E-state index is -0.777. The summed E-state index contributed by atoms with van der Waals surface area (Å²) in [4.78, 5) is 0. The van der Waals surface area contributed by atoms with Gasteiger partial charge in [0.1, 0.15) is 0 Å². The lowest BCUT2D eigenvalue weighted by Gasteiger charge is -2.30. The van der Waals surface area contributed by atoms with Crippen LogP contribution in [-0.4, -0.2) is 6.54 Å². The highest BCUT2D eigenvalue weighted by atomic mass is 19.2. The number of benzene rings is 1. The van der Waals surface area contributed by atoms with Gasteiger partial charge in [-0.15, -0.1) is 0 Å². The van der Waals surface area contributed by atoms with Crippen molar-refractivity contribution in [1.29, 1.82) is 0 Å². The minimum Gasteiger partial charge on any atom is -0.308 e. The molecule has 0 spiro atoms. The van der Waals surface area contributed by atoms with E-state index < -0.39 is 11.6 Å². The van der Waals surface area contributed by atoms with E-state index in [1.165, 1.54) is 18.6 Å². The molecule has 1 aromatic carbocycles. The molecule has 1 saturated heterocycles. The van der Waals surface area contributed by atoms with E-state index in [2.05, 4.69) is 12.2 Å². The van der Waals surface area contributed by atoms with Crippen molar-refractivity contribution in [3.63, 3.8) is 0 Å². The normalized spacial score (nSPS) is 26.4. The van der Waals surface area contributed by atoms with Gasteiger partial charge in [-0.1, -0.05) is 18.9 Å². The van der Waals surface area contributed by atoms with Crippen LogP contribution in [0.25, 0.3) is 0 Å². The van der Waals surface area contributed by atoms with E-state index >= 15 is 0 Å². The molecule has 0 aromatic heterocycles. The molecule has 1 aliphatic rings. The third-order valence-corrected chi connectivity index (χ3v) is 3.43. The fraction of sp³-hybridized carbons (Fsp3) is 0.538. The van der Waals surface area contributed by atoms with Crippen LogP contribution in [-0.2, 0) is 5.54 Å². The van der Waals surface area contributed by atoms with Crippen LogP contribution in [0.1, 0.15) is 38.2 Å². The van der Waals surface area contributed by atoms with Crippen molar-refractivity contribution in [1.82, 2.24) is 5.32 Å². The lowest BCUT2D eigenvalue weighted by molar-refractivity contribution is 0.356. The van der Waals surface area contributed by atoms with Gasteiger partial charge in [0.2, 0.25) is 0 Å². The van der Waals surface area contributed by atoms with Crippen molar-refractivity contribution in [3.05, 3.63) is 35.4 Å². The first-order valence-corrected chi connectivity index (χ1v) is 5.82. The molecule has 1 heterocycles. The van der Waals surface area contributed by atoms with E-state index in [4.69, 9.17) is 0 Å². The summed E-state index contributed by atoms with van der Waals surface area (Å²) in [5, 5.41) is 3.43. The largest absolute Gasteiger partial charge is 0.308 e. The van der Waals surface area contributed by atoms with Gasteiger partial charge in [0.15, 0.2) is 11.6 Å². The van der Waals surface area contributed by atoms with Gasteiger partial charge >= 0.3 is 0 Å². The van der Waals surface area contributed by atoms with Crippen LogP contribution in [0.2, 0.25) is 0 Å². The summed E-state index contributed by atoms with van der Waals surface area (Å²) in [6, 6.07) is 4.20. The molecule has 1 fully saturated rings. The van der Waals surface area contributed by atoms with Crippen molar-refractivity contribution < 1.29 is 8.78 Å². The van der Waals surface area contributed by atoms with Gasteiger partial charge in [-0.3, -0.25) is 0 Å². The fourth-order valence-corrected chi connectivity index (χ4v) is 2.32. The van der Waals surface area contributed by atoms with Gasteiger partial charge in [-0.2, -0.15) is 0 Å². The van der Waals surface area contributed by atoms with Crippen molar-refractivity contribution in [2.45, 2.75) is 38.1 Å². The van der Waals surface area contributed by atoms with Crippen LogP contribution in [0.3, 0.4) is 0 Å². The van der Waals surface area contributed by atoms with Gasteiger partial charge in [-0.05, 0) is 44.0 Å². The van der Waals surface area contributed by atoms with Crippen LogP contribution in [0, 0.1) is 11.6 Å². The Hall–Kier alpha value is -0.960. The third-order valence-electron chi connectivity index (χ3n) is 3.43. The second-order valence-electron chi connectivity index (χ2n) is 4.70. The number of rotatable bonds is 1. The summed E-state index contributed by atoms with van der Waals surface area (Å²) >= 11 is 0. The molecule has 0 aliphatic carbocycles. The van der Waals surface area contributed by atoms with Gasteiger partial charge in [0.05, 0.1) is 0 Å². The highest BCUT2D eigenvalue weighted by Crippen LogP contribution is 2.30. The average Bonchev–Trinajstić information content (AvgIpc) is 2.48. The quantitative estimate of drug-likeness (QED) is 0.773. The van der Waals surface area contributed by atoms with Crippen LogP contribution < -0.4 is 5.32 Å². The summed E-state index contributed by atoms with van der Waals surface area (Å²) in [5.41, 5.74) is 0.624. The van der Waals surface area contributed by atoms with Gasteiger partial charge in [-0.25, -0.2) is 8.78 Å². The zero-order valence-electron chi connectivity index (χ0n) is 9.52. The van der Waals surface area contributed by atoms with Crippen molar-refractivity contribution in [3.8, 4) is 0 Å². The Kier molecular flexibility index (Phi) is 3.24. The van der Waals surface area contributed by atoms with Crippen LogP contribution in [0.15, 0.2) is 18.2 Å². The number of hydrogen-bond donors (Lipinski definition) is 1. The topological polar surface area (TPSA) is 12.0 Å². The predicted octanol–water partition coefficient (Wildman–Crippen LogP) is 3.34. The SMILES string of the molecule is CC1(c2ccc(F)c(F)c2)CCCCCN1. The highest BCUT2D eigenvalue weighted by molar-refractivity contribution is 5.25. The number of hydrogen-bond acceptors (Lipinski definition) is 1. The first-order chi connectivity index (χ1) is 7.62. The number of halogens is 2. The summed E-state index contributed by atoms with van der Waals surface area (Å²) < 4.78 is 26.1. The monoisotopic (exact) mass is 225 g/mol. The first-order valence-electron chi connectivity index (χ1n) is 5.82. The van der Waals surface area contributed by atoms with Gasteiger partial charge < -0.3 is 5.32 Å². The summed E-state index contributed by atoms with van der Waals surface area (Å²) in [7, 11) is 0. The van der Waals surface area contributed by atoms with Crippen LogP contribution in [0.5, 0.6) is 0 Å². The molecule has 1 aliphatic heterocycles. The third kappa shape index (κ3) is 2.24. The molecule has 88 valence electrons. The summed E-state index contributed by atoms with van der Waals surface area (Å²) in [5.74, 6) is -1.54. The van der Waals surface area contributed by atoms with E-state index in [0.29, 0.717) is 0 Å². The molecule has 0 saturated carbocycles. The maximum Gasteiger partial charge on any atom is 0.159 e. The zero-order chi connectivity index (χ0) is 11.6. The Bertz CT molecular complexity index is 368. The molecule has 1 atom stereocenters. The minimum absolute atomic E-state index is 0.217. The molecule has 3 heteroatoms. The Morgan fingerprint density at radius 1 is 1.12 bits per heavy atom. The van der Waals surface area contributed by atoms with E-state index in [1.807, 2.05) is 0 Å². The Morgan fingerprint density at radius 2 is 1.94 bits per heavy atom. The first kappa shape index (κ1) is 11.5. The van der Waals surface area contributed by atoms with E-state index in [0.717, 1.165) is 31.4 Å². The standard InChI is InChI=1S/C13H17F2N/c1-13(7-3-2-4-8-16-13)10-5-6-11(14)12(15)9-10/h5-6,9,16H,2-4,7-8H2,1H3. The second kappa shape index (κ2) is 4.50. The fourth-order valence-electron chi connectivity index (χ4n) is 2.32. The molecule has 0 bridgehead atoms. The van der Waals surface area contributed by atoms with E-state index in [9.17, 15) is 8.78 Å². The van der Waals surface area contributed by atoms with Crippen LogP contribution in [0.4, 0.5) is 8.78 Å². The summed E-state index contributed by atoms with van der Waals surface area (Å²) in [6.45, 7) is 3.00. The Balaban J connectivity index is 2.29. The lowest BCUT2D eigenvalue weighted by atomic mass is 9.87. The maximum atomic E-state index is 13.2. The average molecular weight is 225 g/mol. The molecular formula is C13H17F2N. The van der Waals surface area contributed by atoms with Crippen molar-refractivity contribution in [2.24, 2.45) is 0 Å². The highest BCUT2D eigenvalue weighted by Gasteiger charge is 2.27. The van der Waals surface area contributed by atoms with Crippen molar-refractivity contribution in [2.75, 3.05) is 6.54 Å². The van der Waals surface area contributed by atoms with Gasteiger partial charge in [0.25, 0.3) is 0 Å². The zero-order valence-corrected chi connectivity index (χ0v) is 9.52. The molecule has 1 nitrogen and oxygen atoms in total. The lowest BCUT2D eigenvalue weighted by Crippen LogP contribution is -2.38. The Morgan fingerprint density at radius 3 is 2.69 bits per heavy atom. The van der Waals surface area contributed by atoms with Gasteiger partial charge in [0, 0.05) is 5.54 Å². The molecule has 0 radical (unpaired) electrons. The predicted molar refractivity (Wildman–Crippen MR) is 60.2 cm³/mol. The maximum absolute atomic E-state index is 13.2. The molecular weight excluding hydrogens is 208 g/mol. The molecule has 1 unspecified atom stereocenters. The molecule has 16 heavy (non-hydrogen) atoms. The molecule has 2 rings (SSSR count). The Labute approximate surface area is 94.9 Å².